The third-order valence-electron chi connectivity index (χ3n) is 4.92. The molecule has 1 saturated heterocycles. The van der Waals surface area contributed by atoms with E-state index in [9.17, 15) is 0 Å². The minimum Gasteiger partial charge on any atom is -0.354 e. The Balaban J connectivity index is 1.95. The van der Waals surface area contributed by atoms with Gasteiger partial charge in [0, 0.05) is 32.7 Å². The van der Waals surface area contributed by atoms with E-state index in [0.29, 0.717) is 6.04 Å². The summed E-state index contributed by atoms with van der Waals surface area (Å²) in [6.45, 7) is 11.0. The van der Waals surface area contributed by atoms with E-state index in [1.807, 2.05) is 7.05 Å². The average molecular weight is 331 g/mol. The first-order valence-electron chi connectivity index (χ1n) is 9.38. The van der Waals surface area contributed by atoms with E-state index in [-0.39, 0.29) is 0 Å². The number of rotatable bonds is 6. The predicted octanol–water partition coefficient (Wildman–Crippen LogP) is 3.38. The Hall–Kier alpha value is -1.55. The fraction of sp³-hybridized carbons (Fsp3) is 0.650. The van der Waals surface area contributed by atoms with Crippen molar-refractivity contribution in [1.82, 2.24) is 15.5 Å². The van der Waals surface area contributed by atoms with Gasteiger partial charge < -0.3 is 10.6 Å². The normalized spacial score (nSPS) is 20.7. The molecule has 2 rings (SSSR count). The third-order valence-corrected chi connectivity index (χ3v) is 4.92. The number of likely N-dealkylation sites (tertiary alicyclic amines) is 1. The average Bonchev–Trinajstić information content (AvgIpc) is 2.59. The highest BCUT2D eigenvalue weighted by Gasteiger charge is 2.17. The molecular formula is C20H34N4. The van der Waals surface area contributed by atoms with Crippen LogP contribution in [0, 0.1) is 5.92 Å². The summed E-state index contributed by atoms with van der Waals surface area (Å²) in [5.41, 5.74) is 2.79. The zero-order valence-corrected chi connectivity index (χ0v) is 15.8. The topological polar surface area (TPSA) is 39.7 Å². The highest BCUT2D eigenvalue weighted by Crippen LogP contribution is 2.19. The van der Waals surface area contributed by atoms with E-state index in [0.717, 1.165) is 31.4 Å². The van der Waals surface area contributed by atoms with Crippen LogP contribution in [0.5, 0.6) is 0 Å². The number of benzene rings is 1. The van der Waals surface area contributed by atoms with E-state index < -0.39 is 0 Å². The Labute approximate surface area is 147 Å². The zero-order valence-electron chi connectivity index (χ0n) is 15.8. The van der Waals surface area contributed by atoms with Crippen LogP contribution in [-0.2, 0) is 13.1 Å². The summed E-state index contributed by atoms with van der Waals surface area (Å²) in [5, 5.41) is 6.88. The zero-order chi connectivity index (χ0) is 17.4. The van der Waals surface area contributed by atoms with Crippen LogP contribution in [0.1, 0.15) is 51.2 Å². The van der Waals surface area contributed by atoms with Gasteiger partial charge in [-0.2, -0.15) is 0 Å². The largest absolute Gasteiger partial charge is 0.354 e. The fourth-order valence-corrected chi connectivity index (χ4v) is 3.26. The molecule has 1 aromatic rings. The van der Waals surface area contributed by atoms with Crippen LogP contribution < -0.4 is 10.6 Å². The van der Waals surface area contributed by atoms with Crippen LogP contribution in [0.25, 0.3) is 0 Å². The number of hydrogen-bond donors (Lipinski definition) is 2. The summed E-state index contributed by atoms with van der Waals surface area (Å²) in [4.78, 5) is 6.93. The van der Waals surface area contributed by atoms with Gasteiger partial charge in [-0.05, 0) is 49.8 Å². The summed E-state index contributed by atoms with van der Waals surface area (Å²) >= 11 is 0. The lowest BCUT2D eigenvalue weighted by molar-refractivity contribution is 0.176. The minimum absolute atomic E-state index is 0.432. The summed E-state index contributed by atoms with van der Waals surface area (Å²) in [6, 6.07) is 9.21. The molecule has 0 radical (unpaired) electrons. The van der Waals surface area contributed by atoms with E-state index in [2.05, 4.69) is 65.6 Å². The smallest absolute Gasteiger partial charge is 0.191 e. The van der Waals surface area contributed by atoms with E-state index in [1.54, 1.807) is 0 Å². The number of guanidine groups is 1. The lowest BCUT2D eigenvalue weighted by Crippen LogP contribution is -2.41. The summed E-state index contributed by atoms with van der Waals surface area (Å²) in [5.74, 6) is 1.70. The minimum atomic E-state index is 0.432. The van der Waals surface area contributed by atoms with Gasteiger partial charge in [-0.3, -0.25) is 9.89 Å². The van der Waals surface area contributed by atoms with Gasteiger partial charge in [0.05, 0.1) is 0 Å². The first kappa shape index (κ1) is 18.8. The fourth-order valence-electron chi connectivity index (χ4n) is 3.26. The molecule has 0 aromatic heterocycles. The number of piperidine rings is 1. The molecule has 134 valence electrons. The maximum absolute atomic E-state index is 4.33. The molecule has 0 saturated carbocycles. The number of aliphatic imine (C=N–C) groups is 1. The molecule has 0 amide bonds. The highest BCUT2D eigenvalue weighted by atomic mass is 15.2. The molecule has 2 atom stereocenters. The van der Waals surface area contributed by atoms with Gasteiger partial charge in [-0.25, -0.2) is 0 Å². The first-order valence-corrected chi connectivity index (χ1v) is 9.38. The van der Waals surface area contributed by atoms with Crippen molar-refractivity contribution in [3.63, 3.8) is 0 Å². The Morgan fingerprint density at radius 1 is 1.33 bits per heavy atom. The van der Waals surface area contributed by atoms with Gasteiger partial charge in [-0.1, -0.05) is 38.1 Å². The van der Waals surface area contributed by atoms with Gasteiger partial charge in [0.25, 0.3) is 0 Å². The predicted molar refractivity (Wildman–Crippen MR) is 103 cm³/mol. The third kappa shape index (κ3) is 5.82. The van der Waals surface area contributed by atoms with Crippen LogP contribution in [-0.4, -0.2) is 37.0 Å². The Kier molecular flexibility index (Phi) is 7.57. The highest BCUT2D eigenvalue weighted by molar-refractivity contribution is 5.79. The van der Waals surface area contributed by atoms with Crippen molar-refractivity contribution < 1.29 is 0 Å². The van der Waals surface area contributed by atoms with Crippen molar-refractivity contribution in [2.45, 2.75) is 59.2 Å². The van der Waals surface area contributed by atoms with Crippen LogP contribution in [0.2, 0.25) is 0 Å². The molecule has 2 unspecified atom stereocenters. The standard InChI is InChI=1S/C20H34N4/c1-5-17(3)23-20(21-4)22-13-18-10-6-7-11-19(18)15-24-12-8-9-16(2)14-24/h6-7,10-11,16-17H,5,8-9,12-15H2,1-4H3,(H2,21,22,23). The Bertz CT molecular complexity index is 526. The van der Waals surface area contributed by atoms with E-state index >= 15 is 0 Å². The maximum Gasteiger partial charge on any atom is 0.191 e. The lowest BCUT2D eigenvalue weighted by Gasteiger charge is -2.31. The molecule has 0 spiro atoms. The first-order chi connectivity index (χ1) is 11.6. The second-order valence-corrected chi connectivity index (χ2v) is 7.13. The molecule has 1 aliphatic heterocycles. The molecule has 1 fully saturated rings. The van der Waals surface area contributed by atoms with Gasteiger partial charge in [-0.15, -0.1) is 0 Å². The number of hydrogen-bond acceptors (Lipinski definition) is 2. The molecule has 1 heterocycles. The molecule has 4 nitrogen and oxygen atoms in total. The van der Waals surface area contributed by atoms with Gasteiger partial charge in [0.1, 0.15) is 0 Å². The molecule has 24 heavy (non-hydrogen) atoms. The lowest BCUT2D eigenvalue weighted by atomic mass is 9.99. The molecule has 1 aliphatic rings. The number of nitrogens with zero attached hydrogens (tertiary/aromatic N) is 2. The second kappa shape index (κ2) is 9.67. The maximum atomic E-state index is 4.33. The van der Waals surface area contributed by atoms with Crippen LogP contribution in [0.3, 0.4) is 0 Å². The monoisotopic (exact) mass is 330 g/mol. The van der Waals surface area contributed by atoms with Gasteiger partial charge in [0.15, 0.2) is 5.96 Å². The van der Waals surface area contributed by atoms with Crippen molar-refractivity contribution in [2.24, 2.45) is 10.9 Å². The molecule has 0 bridgehead atoms. The summed E-state index contributed by atoms with van der Waals surface area (Å²) in [7, 11) is 1.83. The molecule has 0 aliphatic carbocycles. The van der Waals surface area contributed by atoms with Crippen molar-refractivity contribution in [3.8, 4) is 0 Å². The van der Waals surface area contributed by atoms with Crippen molar-refractivity contribution in [1.29, 1.82) is 0 Å². The Morgan fingerprint density at radius 3 is 2.75 bits per heavy atom. The van der Waals surface area contributed by atoms with Crippen LogP contribution in [0.15, 0.2) is 29.3 Å². The van der Waals surface area contributed by atoms with Crippen LogP contribution in [0.4, 0.5) is 0 Å². The molecule has 1 aromatic carbocycles. The Morgan fingerprint density at radius 2 is 2.08 bits per heavy atom. The molecular weight excluding hydrogens is 296 g/mol. The van der Waals surface area contributed by atoms with Crippen LogP contribution >= 0.6 is 0 Å². The van der Waals surface area contributed by atoms with E-state index in [4.69, 9.17) is 0 Å². The molecule has 2 N–H and O–H groups in total. The van der Waals surface area contributed by atoms with Gasteiger partial charge >= 0.3 is 0 Å². The quantitative estimate of drug-likeness (QED) is 0.620. The van der Waals surface area contributed by atoms with Gasteiger partial charge in [0.2, 0.25) is 0 Å². The summed E-state index contributed by atoms with van der Waals surface area (Å²) < 4.78 is 0. The SMILES string of the molecule is CCC(C)NC(=NC)NCc1ccccc1CN1CCCC(C)C1. The van der Waals surface area contributed by atoms with Crippen molar-refractivity contribution in [3.05, 3.63) is 35.4 Å². The molecule has 4 heteroatoms. The van der Waals surface area contributed by atoms with E-state index in [1.165, 1.54) is 37.1 Å². The van der Waals surface area contributed by atoms with Crippen molar-refractivity contribution in [2.75, 3.05) is 20.1 Å². The number of nitrogens with one attached hydrogen (secondary N) is 2. The van der Waals surface area contributed by atoms with Crippen molar-refractivity contribution >= 4 is 5.96 Å². The second-order valence-electron chi connectivity index (χ2n) is 7.13. The summed E-state index contributed by atoms with van der Waals surface area (Å²) in [6.07, 6.45) is 3.79.